The average Bonchev–Trinajstić information content (AvgIpc) is 2.83. The molecule has 84 valence electrons. The molecule has 0 unspecified atom stereocenters. The zero-order chi connectivity index (χ0) is 11.4. The van der Waals surface area contributed by atoms with Crippen molar-refractivity contribution in [3.8, 4) is 0 Å². The van der Waals surface area contributed by atoms with Crippen LogP contribution >= 0.6 is 0 Å². The summed E-state index contributed by atoms with van der Waals surface area (Å²) in [5.41, 5.74) is 1.33. The Morgan fingerprint density at radius 2 is 1.81 bits per heavy atom. The molecule has 1 aromatic carbocycles. The number of rotatable bonds is 2. The minimum Gasteiger partial charge on any atom is -0.325 e. The summed E-state index contributed by atoms with van der Waals surface area (Å²) >= 11 is 0. The van der Waals surface area contributed by atoms with E-state index in [1.165, 1.54) is 0 Å². The first-order chi connectivity index (χ1) is 7.79. The molecule has 1 saturated heterocycles. The summed E-state index contributed by atoms with van der Waals surface area (Å²) in [6.45, 7) is 1.66. The van der Waals surface area contributed by atoms with Crippen LogP contribution in [0.3, 0.4) is 0 Å². The SMILES string of the molecule is O=Cc1ccc(NC(=O)N2CCCC2)cc1. The van der Waals surface area contributed by atoms with Gasteiger partial charge >= 0.3 is 6.03 Å². The maximum absolute atomic E-state index is 11.7. The van der Waals surface area contributed by atoms with Crippen LogP contribution in [0.15, 0.2) is 24.3 Å². The van der Waals surface area contributed by atoms with E-state index >= 15 is 0 Å². The first kappa shape index (κ1) is 10.7. The lowest BCUT2D eigenvalue weighted by Crippen LogP contribution is -2.32. The Morgan fingerprint density at radius 1 is 1.19 bits per heavy atom. The number of aldehydes is 1. The van der Waals surface area contributed by atoms with Gasteiger partial charge in [-0.1, -0.05) is 0 Å². The minimum atomic E-state index is -0.0589. The van der Waals surface area contributed by atoms with Crippen molar-refractivity contribution in [3.63, 3.8) is 0 Å². The van der Waals surface area contributed by atoms with Gasteiger partial charge in [0.1, 0.15) is 6.29 Å². The number of carbonyl (C=O) groups excluding carboxylic acids is 2. The van der Waals surface area contributed by atoms with Crippen molar-refractivity contribution < 1.29 is 9.59 Å². The number of urea groups is 1. The van der Waals surface area contributed by atoms with Crippen LogP contribution < -0.4 is 5.32 Å². The van der Waals surface area contributed by atoms with Crippen LogP contribution in [-0.2, 0) is 0 Å². The van der Waals surface area contributed by atoms with Crippen LogP contribution in [0.4, 0.5) is 10.5 Å². The predicted octanol–water partition coefficient (Wildman–Crippen LogP) is 2.13. The van der Waals surface area contributed by atoms with Crippen molar-refractivity contribution in [2.24, 2.45) is 0 Å². The summed E-state index contributed by atoms with van der Waals surface area (Å²) < 4.78 is 0. The number of hydrogen-bond acceptors (Lipinski definition) is 2. The molecule has 1 fully saturated rings. The van der Waals surface area contributed by atoms with Gasteiger partial charge < -0.3 is 10.2 Å². The van der Waals surface area contributed by atoms with E-state index in [-0.39, 0.29) is 6.03 Å². The maximum atomic E-state index is 11.7. The molecule has 0 aromatic heterocycles. The van der Waals surface area contributed by atoms with E-state index in [1.54, 1.807) is 29.2 Å². The summed E-state index contributed by atoms with van der Waals surface area (Å²) in [4.78, 5) is 24.0. The van der Waals surface area contributed by atoms with Crippen LogP contribution in [0, 0.1) is 0 Å². The molecule has 4 nitrogen and oxygen atoms in total. The van der Waals surface area contributed by atoms with Crippen LogP contribution in [0.1, 0.15) is 23.2 Å². The highest BCUT2D eigenvalue weighted by atomic mass is 16.2. The molecule has 1 aromatic rings. The van der Waals surface area contributed by atoms with Crippen LogP contribution in [-0.4, -0.2) is 30.3 Å². The Bertz CT molecular complexity index is 381. The van der Waals surface area contributed by atoms with E-state index in [0.29, 0.717) is 5.56 Å². The lowest BCUT2D eigenvalue weighted by atomic mass is 10.2. The fraction of sp³-hybridized carbons (Fsp3) is 0.333. The second-order valence-corrected chi connectivity index (χ2v) is 3.86. The molecular formula is C12H14N2O2. The van der Waals surface area contributed by atoms with E-state index in [2.05, 4.69) is 5.32 Å². The molecule has 0 bridgehead atoms. The molecule has 1 aliphatic heterocycles. The normalized spacial score (nSPS) is 14.9. The molecule has 0 saturated carbocycles. The molecule has 2 rings (SSSR count). The topological polar surface area (TPSA) is 49.4 Å². The van der Waals surface area contributed by atoms with Gasteiger partial charge in [0.25, 0.3) is 0 Å². The molecule has 1 heterocycles. The first-order valence-corrected chi connectivity index (χ1v) is 5.41. The fourth-order valence-electron chi connectivity index (χ4n) is 1.77. The number of amides is 2. The molecule has 0 radical (unpaired) electrons. The number of nitrogens with one attached hydrogen (secondary N) is 1. The van der Waals surface area contributed by atoms with E-state index in [4.69, 9.17) is 0 Å². The highest BCUT2D eigenvalue weighted by molar-refractivity contribution is 5.90. The zero-order valence-electron chi connectivity index (χ0n) is 8.98. The van der Waals surface area contributed by atoms with Gasteiger partial charge in [-0.3, -0.25) is 4.79 Å². The first-order valence-electron chi connectivity index (χ1n) is 5.41. The van der Waals surface area contributed by atoms with Crippen molar-refractivity contribution in [3.05, 3.63) is 29.8 Å². The van der Waals surface area contributed by atoms with Gasteiger partial charge in [-0.2, -0.15) is 0 Å². The standard InChI is InChI=1S/C12H14N2O2/c15-9-10-3-5-11(6-4-10)13-12(16)14-7-1-2-8-14/h3-6,9H,1-2,7-8H2,(H,13,16). The molecule has 4 heteroatoms. The summed E-state index contributed by atoms with van der Waals surface area (Å²) in [7, 11) is 0. The second kappa shape index (κ2) is 4.79. The van der Waals surface area contributed by atoms with Gasteiger partial charge in [-0.15, -0.1) is 0 Å². The largest absolute Gasteiger partial charge is 0.325 e. The number of nitrogens with zero attached hydrogens (tertiary/aromatic N) is 1. The Balaban J connectivity index is 1.97. The molecule has 2 amide bonds. The van der Waals surface area contributed by atoms with Gasteiger partial charge in [0.05, 0.1) is 0 Å². The maximum Gasteiger partial charge on any atom is 0.321 e. The molecule has 0 aliphatic carbocycles. The van der Waals surface area contributed by atoms with E-state index in [1.807, 2.05) is 0 Å². The lowest BCUT2D eigenvalue weighted by molar-refractivity contribution is 0.112. The van der Waals surface area contributed by atoms with Crippen molar-refractivity contribution in [2.75, 3.05) is 18.4 Å². The van der Waals surface area contributed by atoms with Gasteiger partial charge in [-0.25, -0.2) is 4.79 Å². The van der Waals surface area contributed by atoms with E-state index in [0.717, 1.165) is 37.9 Å². The molecule has 0 spiro atoms. The molecule has 1 N–H and O–H groups in total. The third-order valence-electron chi connectivity index (χ3n) is 2.69. The number of likely N-dealkylation sites (tertiary alicyclic amines) is 1. The van der Waals surface area contributed by atoms with Gasteiger partial charge in [0.2, 0.25) is 0 Å². The number of anilines is 1. The molecular weight excluding hydrogens is 204 g/mol. The summed E-state index contributed by atoms with van der Waals surface area (Å²) in [6, 6.07) is 6.78. The van der Waals surface area contributed by atoms with Crippen LogP contribution in [0.2, 0.25) is 0 Å². The summed E-state index contributed by atoms with van der Waals surface area (Å²) in [6.07, 6.45) is 2.95. The predicted molar refractivity (Wildman–Crippen MR) is 61.7 cm³/mol. The van der Waals surface area contributed by atoms with E-state index < -0.39 is 0 Å². The van der Waals surface area contributed by atoms with Crippen molar-refractivity contribution in [1.82, 2.24) is 4.90 Å². The highest BCUT2D eigenvalue weighted by Gasteiger charge is 2.17. The van der Waals surface area contributed by atoms with Crippen molar-refractivity contribution in [1.29, 1.82) is 0 Å². The zero-order valence-corrected chi connectivity index (χ0v) is 8.98. The number of hydrogen-bond donors (Lipinski definition) is 1. The Kier molecular flexibility index (Phi) is 3.19. The smallest absolute Gasteiger partial charge is 0.321 e. The summed E-state index contributed by atoms with van der Waals surface area (Å²) in [5, 5.41) is 2.81. The van der Waals surface area contributed by atoms with Crippen LogP contribution in [0.25, 0.3) is 0 Å². The highest BCUT2D eigenvalue weighted by Crippen LogP contribution is 2.12. The van der Waals surface area contributed by atoms with Crippen molar-refractivity contribution >= 4 is 18.0 Å². The molecule has 0 atom stereocenters. The van der Waals surface area contributed by atoms with Gasteiger partial charge in [0.15, 0.2) is 0 Å². The summed E-state index contributed by atoms with van der Waals surface area (Å²) in [5.74, 6) is 0. The van der Waals surface area contributed by atoms with Gasteiger partial charge in [-0.05, 0) is 37.1 Å². The number of carbonyl (C=O) groups is 2. The van der Waals surface area contributed by atoms with Crippen molar-refractivity contribution in [2.45, 2.75) is 12.8 Å². The number of benzene rings is 1. The third-order valence-corrected chi connectivity index (χ3v) is 2.69. The quantitative estimate of drug-likeness (QED) is 0.773. The van der Waals surface area contributed by atoms with E-state index in [9.17, 15) is 9.59 Å². The Labute approximate surface area is 94.2 Å². The Hall–Kier alpha value is -1.84. The Morgan fingerprint density at radius 3 is 2.38 bits per heavy atom. The lowest BCUT2D eigenvalue weighted by Gasteiger charge is -2.16. The molecule has 1 aliphatic rings. The average molecular weight is 218 g/mol. The van der Waals surface area contributed by atoms with Gasteiger partial charge in [0, 0.05) is 24.3 Å². The minimum absolute atomic E-state index is 0.0589. The second-order valence-electron chi connectivity index (χ2n) is 3.86. The fourth-order valence-corrected chi connectivity index (χ4v) is 1.77. The molecule has 16 heavy (non-hydrogen) atoms. The monoisotopic (exact) mass is 218 g/mol. The third kappa shape index (κ3) is 2.39. The van der Waals surface area contributed by atoms with Crippen LogP contribution in [0.5, 0.6) is 0 Å².